The smallest absolute Gasteiger partial charge is 0.202 e. The van der Waals surface area contributed by atoms with Crippen LogP contribution in [0.3, 0.4) is 0 Å². The van der Waals surface area contributed by atoms with Crippen molar-refractivity contribution in [2.45, 2.75) is 18.9 Å². The van der Waals surface area contributed by atoms with E-state index < -0.39 is 0 Å². The summed E-state index contributed by atoms with van der Waals surface area (Å²) in [4.78, 5) is 12.8. The van der Waals surface area contributed by atoms with Gasteiger partial charge in [-0.2, -0.15) is 0 Å². The molecule has 0 atom stereocenters. The lowest BCUT2D eigenvalue weighted by atomic mass is 10.1. The first-order chi connectivity index (χ1) is 8.72. The van der Waals surface area contributed by atoms with Crippen molar-refractivity contribution in [3.8, 4) is 5.75 Å². The SMILES string of the molecule is O=C(c1ccc(OC2CC2)cc1)c1ccc(Cl)s1. The maximum atomic E-state index is 12.1. The van der Waals surface area contributed by atoms with Crippen LogP contribution in [0.1, 0.15) is 28.1 Å². The summed E-state index contributed by atoms with van der Waals surface area (Å²) in [5.41, 5.74) is 0.664. The Morgan fingerprint density at radius 1 is 1.17 bits per heavy atom. The van der Waals surface area contributed by atoms with E-state index in [2.05, 4.69) is 0 Å². The molecule has 0 amide bonds. The molecule has 0 radical (unpaired) electrons. The molecule has 1 aromatic heterocycles. The first-order valence-corrected chi connectivity index (χ1v) is 6.98. The third-order valence-electron chi connectivity index (χ3n) is 2.74. The van der Waals surface area contributed by atoms with Crippen LogP contribution in [0.2, 0.25) is 4.34 Å². The predicted octanol–water partition coefficient (Wildman–Crippen LogP) is 4.17. The minimum absolute atomic E-state index is 0.00451. The molecule has 3 rings (SSSR count). The van der Waals surface area contributed by atoms with Gasteiger partial charge in [-0.1, -0.05) is 11.6 Å². The summed E-state index contributed by atoms with van der Waals surface area (Å²) in [7, 11) is 0. The fourth-order valence-electron chi connectivity index (χ4n) is 1.64. The van der Waals surface area contributed by atoms with Crippen LogP contribution in [0.25, 0.3) is 0 Å². The monoisotopic (exact) mass is 278 g/mol. The highest BCUT2D eigenvalue weighted by molar-refractivity contribution is 7.18. The summed E-state index contributed by atoms with van der Waals surface area (Å²) in [6.07, 6.45) is 2.64. The fraction of sp³-hybridized carbons (Fsp3) is 0.214. The Bertz CT molecular complexity index is 570. The van der Waals surface area contributed by atoms with Crippen molar-refractivity contribution >= 4 is 28.7 Å². The Kier molecular flexibility index (Phi) is 3.10. The van der Waals surface area contributed by atoms with Crippen LogP contribution in [0.4, 0.5) is 0 Å². The minimum atomic E-state index is 0.00451. The molecule has 1 fully saturated rings. The van der Waals surface area contributed by atoms with Gasteiger partial charge in [0.2, 0.25) is 5.78 Å². The van der Waals surface area contributed by atoms with Gasteiger partial charge in [-0.05, 0) is 49.2 Å². The summed E-state index contributed by atoms with van der Waals surface area (Å²) in [6.45, 7) is 0. The van der Waals surface area contributed by atoms with Crippen molar-refractivity contribution in [2.24, 2.45) is 0 Å². The average molecular weight is 279 g/mol. The number of thiophene rings is 1. The Morgan fingerprint density at radius 3 is 2.44 bits per heavy atom. The number of halogens is 1. The molecule has 1 aliphatic carbocycles. The molecule has 4 heteroatoms. The molecule has 0 unspecified atom stereocenters. The van der Waals surface area contributed by atoms with Gasteiger partial charge in [0.25, 0.3) is 0 Å². The zero-order chi connectivity index (χ0) is 12.5. The van der Waals surface area contributed by atoms with E-state index >= 15 is 0 Å². The molecule has 2 nitrogen and oxygen atoms in total. The van der Waals surface area contributed by atoms with Gasteiger partial charge in [0.15, 0.2) is 0 Å². The van der Waals surface area contributed by atoms with E-state index in [1.807, 2.05) is 12.1 Å². The van der Waals surface area contributed by atoms with Crippen LogP contribution in [0, 0.1) is 0 Å². The van der Waals surface area contributed by atoms with Crippen LogP contribution in [0.5, 0.6) is 5.75 Å². The number of carbonyl (C=O) groups is 1. The van der Waals surface area contributed by atoms with Gasteiger partial charge >= 0.3 is 0 Å². The predicted molar refractivity (Wildman–Crippen MR) is 72.9 cm³/mol. The van der Waals surface area contributed by atoms with Crippen molar-refractivity contribution in [2.75, 3.05) is 0 Å². The number of carbonyl (C=O) groups excluding carboxylic acids is 1. The molecule has 1 aromatic carbocycles. The van der Waals surface area contributed by atoms with Crippen molar-refractivity contribution in [3.63, 3.8) is 0 Å². The molecule has 0 spiro atoms. The summed E-state index contributed by atoms with van der Waals surface area (Å²) in [5.74, 6) is 0.836. The van der Waals surface area contributed by atoms with Gasteiger partial charge in [-0.25, -0.2) is 0 Å². The lowest BCUT2D eigenvalue weighted by Gasteiger charge is -2.04. The molecule has 2 aromatic rings. The van der Waals surface area contributed by atoms with Crippen LogP contribution < -0.4 is 4.74 Å². The highest BCUT2D eigenvalue weighted by Crippen LogP contribution is 2.28. The van der Waals surface area contributed by atoms with Crippen LogP contribution in [-0.4, -0.2) is 11.9 Å². The molecule has 18 heavy (non-hydrogen) atoms. The van der Waals surface area contributed by atoms with Crippen molar-refractivity contribution in [3.05, 3.63) is 51.2 Å². The van der Waals surface area contributed by atoms with E-state index in [1.165, 1.54) is 11.3 Å². The number of ether oxygens (including phenoxy) is 1. The van der Waals surface area contributed by atoms with Gasteiger partial charge in [-0.15, -0.1) is 11.3 Å². The number of benzene rings is 1. The molecule has 1 aliphatic rings. The summed E-state index contributed by atoms with van der Waals surface area (Å²) in [5, 5.41) is 0. The largest absolute Gasteiger partial charge is 0.490 e. The Balaban J connectivity index is 1.77. The first-order valence-electron chi connectivity index (χ1n) is 5.79. The molecule has 1 heterocycles. The second-order valence-corrected chi connectivity index (χ2v) is 5.99. The van der Waals surface area contributed by atoms with Crippen molar-refractivity contribution in [1.29, 1.82) is 0 Å². The summed E-state index contributed by atoms with van der Waals surface area (Å²) < 4.78 is 6.27. The third kappa shape index (κ3) is 2.57. The summed E-state index contributed by atoms with van der Waals surface area (Å²) in [6, 6.07) is 10.8. The lowest BCUT2D eigenvalue weighted by Crippen LogP contribution is -1.99. The molecule has 0 bridgehead atoms. The Labute approximate surface area is 114 Å². The highest BCUT2D eigenvalue weighted by atomic mass is 35.5. The topological polar surface area (TPSA) is 26.3 Å². The lowest BCUT2D eigenvalue weighted by molar-refractivity contribution is 0.104. The molecule has 92 valence electrons. The van der Waals surface area contributed by atoms with Gasteiger partial charge in [0.05, 0.1) is 15.3 Å². The van der Waals surface area contributed by atoms with E-state index in [1.54, 1.807) is 24.3 Å². The standard InChI is InChI=1S/C14H11ClO2S/c15-13-8-7-12(18-13)14(16)9-1-3-10(4-2-9)17-11-5-6-11/h1-4,7-8,11H,5-6H2. The maximum absolute atomic E-state index is 12.1. The third-order valence-corrected chi connectivity index (χ3v) is 3.97. The highest BCUT2D eigenvalue weighted by Gasteiger charge is 2.23. The first kappa shape index (κ1) is 11.8. The number of ketones is 1. The van der Waals surface area contributed by atoms with E-state index in [0.717, 1.165) is 18.6 Å². The van der Waals surface area contributed by atoms with E-state index in [-0.39, 0.29) is 5.78 Å². The van der Waals surface area contributed by atoms with Gasteiger partial charge in [0.1, 0.15) is 5.75 Å². The molecule has 0 N–H and O–H groups in total. The van der Waals surface area contributed by atoms with Crippen molar-refractivity contribution in [1.82, 2.24) is 0 Å². The number of rotatable bonds is 4. The van der Waals surface area contributed by atoms with E-state index in [9.17, 15) is 4.79 Å². The second kappa shape index (κ2) is 4.75. The molecular formula is C14H11ClO2S. The Hall–Kier alpha value is -1.32. The minimum Gasteiger partial charge on any atom is -0.490 e. The van der Waals surface area contributed by atoms with E-state index in [4.69, 9.17) is 16.3 Å². The van der Waals surface area contributed by atoms with Gasteiger partial charge in [-0.3, -0.25) is 4.79 Å². The number of hydrogen-bond donors (Lipinski definition) is 0. The average Bonchev–Trinajstić information content (AvgIpc) is 3.09. The van der Waals surface area contributed by atoms with Gasteiger partial charge in [0, 0.05) is 5.56 Å². The number of hydrogen-bond acceptors (Lipinski definition) is 3. The Morgan fingerprint density at radius 2 is 1.89 bits per heavy atom. The molecule has 0 saturated heterocycles. The second-order valence-electron chi connectivity index (χ2n) is 4.27. The van der Waals surface area contributed by atoms with E-state index in [0.29, 0.717) is 20.9 Å². The van der Waals surface area contributed by atoms with Gasteiger partial charge < -0.3 is 4.74 Å². The molecule has 0 aliphatic heterocycles. The quantitative estimate of drug-likeness (QED) is 0.785. The molecular weight excluding hydrogens is 268 g/mol. The zero-order valence-corrected chi connectivity index (χ0v) is 11.1. The van der Waals surface area contributed by atoms with Crippen LogP contribution in [0.15, 0.2) is 36.4 Å². The molecule has 1 saturated carbocycles. The maximum Gasteiger partial charge on any atom is 0.202 e. The van der Waals surface area contributed by atoms with Crippen molar-refractivity contribution < 1.29 is 9.53 Å². The van der Waals surface area contributed by atoms with Crippen LogP contribution in [-0.2, 0) is 0 Å². The van der Waals surface area contributed by atoms with Crippen LogP contribution >= 0.6 is 22.9 Å². The summed E-state index contributed by atoms with van der Waals surface area (Å²) >= 11 is 7.13. The fourth-order valence-corrected chi connectivity index (χ4v) is 2.65. The zero-order valence-electron chi connectivity index (χ0n) is 9.56. The normalized spacial score (nSPS) is 14.5.